The largest absolute Gasteiger partial charge is 0.417 e. The molecule has 0 aliphatic heterocycles. The van der Waals surface area contributed by atoms with E-state index in [1.54, 1.807) is 14.0 Å². The van der Waals surface area contributed by atoms with E-state index in [4.69, 9.17) is 14.5 Å². The highest BCUT2D eigenvalue weighted by atomic mass is 19.4. The van der Waals surface area contributed by atoms with Gasteiger partial charge in [0, 0.05) is 36.1 Å². The number of benzene rings is 1. The lowest BCUT2D eigenvalue weighted by molar-refractivity contribution is -0.137. The van der Waals surface area contributed by atoms with Crippen molar-refractivity contribution in [3.05, 3.63) is 64.5 Å². The summed E-state index contributed by atoms with van der Waals surface area (Å²) in [6, 6.07) is 6.73. The maximum atomic E-state index is 12.8. The van der Waals surface area contributed by atoms with E-state index in [-0.39, 0.29) is 12.2 Å². The number of oxime groups is 2. The van der Waals surface area contributed by atoms with Crippen LogP contribution in [-0.4, -0.2) is 36.5 Å². The molecule has 1 aromatic carbocycles. The highest BCUT2D eigenvalue weighted by Gasteiger charge is 2.31. The van der Waals surface area contributed by atoms with E-state index in [0.29, 0.717) is 24.4 Å². The molecular weight excluding hydrogens is 425 g/mol. The van der Waals surface area contributed by atoms with Crippen LogP contribution in [0.1, 0.15) is 48.6 Å². The van der Waals surface area contributed by atoms with Gasteiger partial charge in [-0.25, -0.2) is 0 Å². The summed E-state index contributed by atoms with van der Waals surface area (Å²) < 4.78 is 38.5. The second-order valence-corrected chi connectivity index (χ2v) is 6.51. The van der Waals surface area contributed by atoms with Crippen LogP contribution < -0.4 is 5.32 Å². The molecule has 0 unspecified atom stereocenters. The maximum Gasteiger partial charge on any atom is 0.417 e. The predicted molar refractivity (Wildman–Crippen MR) is 116 cm³/mol. The van der Waals surface area contributed by atoms with E-state index in [9.17, 15) is 13.2 Å². The number of amides is 1. The fourth-order valence-electron chi connectivity index (χ4n) is 2.48. The minimum Gasteiger partial charge on any atom is -0.396 e. The van der Waals surface area contributed by atoms with Gasteiger partial charge in [0.15, 0.2) is 0 Å². The van der Waals surface area contributed by atoms with Gasteiger partial charge < -0.3 is 15.0 Å². The summed E-state index contributed by atoms with van der Waals surface area (Å²) in [5.74, 6) is 0. The highest BCUT2D eigenvalue weighted by molar-refractivity contribution is 6.00. The van der Waals surface area contributed by atoms with Crippen LogP contribution in [0.25, 0.3) is 0 Å². The monoisotopic (exact) mass is 452 g/mol. The molecule has 0 atom stereocenters. The molecule has 0 saturated carbocycles. The first-order valence-electron chi connectivity index (χ1n) is 9.71. The number of rotatable bonds is 8. The SMILES string of the molecule is CCO/N=C(/C)c1cccc(C)c1CO/N=C(\C)c1cncc(C(F)(F)F)c1.CNC=O. The third-order valence-corrected chi connectivity index (χ3v) is 4.14. The molecule has 1 amide bonds. The van der Waals surface area contributed by atoms with Crippen molar-refractivity contribution in [2.75, 3.05) is 13.7 Å². The van der Waals surface area contributed by atoms with Crippen LogP contribution >= 0.6 is 0 Å². The molecule has 0 radical (unpaired) electrons. The third-order valence-electron chi connectivity index (χ3n) is 4.14. The normalized spacial score (nSPS) is 11.9. The van der Waals surface area contributed by atoms with Gasteiger partial charge >= 0.3 is 6.18 Å². The van der Waals surface area contributed by atoms with Gasteiger partial charge in [0.1, 0.15) is 13.2 Å². The predicted octanol–water partition coefficient (Wildman–Crippen LogP) is 4.47. The smallest absolute Gasteiger partial charge is 0.396 e. The van der Waals surface area contributed by atoms with E-state index < -0.39 is 11.7 Å². The quantitative estimate of drug-likeness (QED) is 0.364. The number of hydrogen-bond donors (Lipinski definition) is 1. The summed E-state index contributed by atoms with van der Waals surface area (Å²) in [7, 11) is 1.56. The minimum atomic E-state index is -4.46. The number of halogens is 3. The van der Waals surface area contributed by atoms with Crippen LogP contribution in [0.15, 0.2) is 47.0 Å². The fourth-order valence-corrected chi connectivity index (χ4v) is 2.48. The average Bonchev–Trinajstić information content (AvgIpc) is 2.78. The lowest BCUT2D eigenvalue weighted by Gasteiger charge is -2.12. The molecule has 0 fully saturated rings. The van der Waals surface area contributed by atoms with Crippen LogP contribution in [-0.2, 0) is 27.3 Å². The summed E-state index contributed by atoms with van der Waals surface area (Å²) in [6.45, 7) is 7.78. The Morgan fingerprint density at radius 3 is 2.41 bits per heavy atom. The van der Waals surface area contributed by atoms with Gasteiger partial charge in [-0.15, -0.1) is 0 Å². The third kappa shape index (κ3) is 8.37. The van der Waals surface area contributed by atoms with E-state index >= 15 is 0 Å². The van der Waals surface area contributed by atoms with Gasteiger partial charge in [-0.3, -0.25) is 9.78 Å². The summed E-state index contributed by atoms with van der Waals surface area (Å²) in [4.78, 5) is 23.2. The molecule has 7 nitrogen and oxygen atoms in total. The first-order chi connectivity index (χ1) is 15.1. The number of aromatic nitrogens is 1. The van der Waals surface area contributed by atoms with Crippen molar-refractivity contribution in [3.63, 3.8) is 0 Å². The van der Waals surface area contributed by atoms with Gasteiger partial charge in [-0.05, 0) is 39.3 Å². The summed E-state index contributed by atoms with van der Waals surface area (Å²) in [5, 5.41) is 10.3. The molecular formula is C22H27F3N4O3. The summed E-state index contributed by atoms with van der Waals surface area (Å²) >= 11 is 0. The van der Waals surface area contributed by atoms with E-state index in [1.165, 1.54) is 6.20 Å². The van der Waals surface area contributed by atoms with Crippen LogP contribution in [0.2, 0.25) is 0 Å². The molecule has 0 bridgehead atoms. The number of carbonyl (C=O) groups is 1. The van der Waals surface area contributed by atoms with Crippen molar-refractivity contribution in [3.8, 4) is 0 Å². The van der Waals surface area contributed by atoms with Crippen LogP contribution in [0, 0.1) is 6.92 Å². The lowest BCUT2D eigenvalue weighted by Crippen LogP contribution is -2.08. The summed E-state index contributed by atoms with van der Waals surface area (Å²) in [5.41, 5.74) is 3.14. The number of nitrogens with zero attached hydrogens (tertiary/aromatic N) is 3. The molecule has 2 rings (SSSR count). The molecule has 0 spiro atoms. The first kappa shape index (κ1) is 26.6. The Hall–Kier alpha value is -3.43. The zero-order valence-electron chi connectivity index (χ0n) is 18.7. The minimum absolute atomic E-state index is 0.144. The second-order valence-electron chi connectivity index (χ2n) is 6.51. The number of alkyl halides is 3. The van der Waals surface area contributed by atoms with Gasteiger partial charge in [-0.1, -0.05) is 28.5 Å². The molecule has 10 heteroatoms. The maximum absolute atomic E-state index is 12.8. The standard InChI is InChI=1S/C20H22F3N3O2.C2H5NO/c1-5-27-26-15(4)18-8-6-7-13(2)19(18)12-28-25-14(3)16-9-17(11-24-10-16)20(21,22)23;1-3-2-4/h6-11H,5,12H2,1-4H3;2H,1H3,(H,3,4)/b25-14+,26-15-;. The molecule has 0 aliphatic carbocycles. The zero-order valence-corrected chi connectivity index (χ0v) is 18.7. The van der Waals surface area contributed by atoms with Crippen LogP contribution in [0.4, 0.5) is 13.2 Å². The number of carbonyl (C=O) groups excluding carboxylic acids is 1. The molecule has 1 heterocycles. The van der Waals surface area contributed by atoms with Crippen molar-refractivity contribution in [2.24, 2.45) is 10.3 Å². The van der Waals surface area contributed by atoms with Gasteiger partial charge in [0.25, 0.3) is 0 Å². The van der Waals surface area contributed by atoms with E-state index in [0.717, 1.165) is 29.0 Å². The van der Waals surface area contributed by atoms with Crippen LogP contribution in [0.3, 0.4) is 0 Å². The van der Waals surface area contributed by atoms with Gasteiger partial charge in [0.05, 0.1) is 17.0 Å². The molecule has 0 aliphatic rings. The van der Waals surface area contributed by atoms with Crippen molar-refractivity contribution in [1.29, 1.82) is 0 Å². The molecule has 0 saturated heterocycles. The number of nitrogens with one attached hydrogen (secondary N) is 1. The molecule has 1 N–H and O–H groups in total. The Bertz CT molecular complexity index is 944. The molecule has 2 aromatic rings. The first-order valence-corrected chi connectivity index (χ1v) is 9.71. The second kappa shape index (κ2) is 13.1. The number of pyridine rings is 1. The zero-order chi connectivity index (χ0) is 24.1. The highest BCUT2D eigenvalue weighted by Crippen LogP contribution is 2.29. The Balaban J connectivity index is 0.00000118. The summed E-state index contributed by atoms with van der Waals surface area (Å²) in [6.07, 6.45) is -1.75. The van der Waals surface area contributed by atoms with E-state index in [1.807, 2.05) is 39.0 Å². The fraction of sp³-hybridized carbons (Fsp3) is 0.364. The topological polar surface area (TPSA) is 85.2 Å². The Morgan fingerprint density at radius 1 is 1.16 bits per heavy atom. The average molecular weight is 452 g/mol. The van der Waals surface area contributed by atoms with Gasteiger partial charge in [0.2, 0.25) is 6.41 Å². The number of hydrogen-bond acceptors (Lipinski definition) is 6. The van der Waals surface area contributed by atoms with Gasteiger partial charge in [-0.2, -0.15) is 13.2 Å². The Labute approximate surface area is 185 Å². The van der Waals surface area contributed by atoms with Crippen molar-refractivity contribution in [1.82, 2.24) is 10.3 Å². The molecule has 1 aromatic heterocycles. The Kier molecular flexibility index (Phi) is 10.9. The van der Waals surface area contributed by atoms with Crippen molar-refractivity contribution >= 4 is 17.8 Å². The van der Waals surface area contributed by atoms with Crippen molar-refractivity contribution < 1.29 is 27.6 Å². The molecule has 32 heavy (non-hydrogen) atoms. The van der Waals surface area contributed by atoms with Crippen LogP contribution in [0.5, 0.6) is 0 Å². The Morgan fingerprint density at radius 2 is 1.81 bits per heavy atom. The van der Waals surface area contributed by atoms with Crippen molar-refractivity contribution in [2.45, 2.75) is 40.5 Å². The lowest BCUT2D eigenvalue weighted by atomic mass is 10.00. The molecule has 174 valence electrons. The number of aryl methyl sites for hydroxylation is 1. The van der Waals surface area contributed by atoms with E-state index in [2.05, 4.69) is 20.6 Å².